The summed E-state index contributed by atoms with van der Waals surface area (Å²) in [6.07, 6.45) is -4.96. The SMILES string of the molecule is CCN(C(=O)C(F)(F)F)c1ccc(-c2cc3ccccc3oc2=O)c(C)c1. The molecule has 1 amide bonds. The van der Waals surface area contributed by atoms with Gasteiger partial charge in [0.15, 0.2) is 0 Å². The van der Waals surface area contributed by atoms with Crippen LogP contribution in [0.3, 0.4) is 0 Å². The van der Waals surface area contributed by atoms with Gasteiger partial charge in [0, 0.05) is 17.6 Å². The third-order valence-electron chi connectivity index (χ3n) is 4.26. The molecule has 0 bridgehead atoms. The van der Waals surface area contributed by atoms with E-state index < -0.39 is 17.7 Å². The number of halogens is 3. The minimum Gasteiger partial charge on any atom is -0.422 e. The number of benzene rings is 2. The third kappa shape index (κ3) is 3.58. The largest absolute Gasteiger partial charge is 0.471 e. The maximum atomic E-state index is 12.8. The lowest BCUT2D eigenvalue weighted by Gasteiger charge is -2.23. The van der Waals surface area contributed by atoms with Crippen molar-refractivity contribution in [1.29, 1.82) is 0 Å². The Morgan fingerprint density at radius 2 is 1.78 bits per heavy atom. The van der Waals surface area contributed by atoms with Crippen LogP contribution in [0, 0.1) is 6.92 Å². The smallest absolute Gasteiger partial charge is 0.422 e. The van der Waals surface area contributed by atoms with Crippen LogP contribution < -0.4 is 10.5 Å². The lowest BCUT2D eigenvalue weighted by molar-refractivity contribution is -0.170. The predicted molar refractivity (Wildman–Crippen MR) is 96.7 cm³/mol. The fourth-order valence-electron chi connectivity index (χ4n) is 2.96. The topological polar surface area (TPSA) is 50.5 Å². The van der Waals surface area contributed by atoms with Gasteiger partial charge in [-0.15, -0.1) is 0 Å². The van der Waals surface area contributed by atoms with Crippen LogP contribution in [0.15, 0.2) is 57.7 Å². The summed E-state index contributed by atoms with van der Waals surface area (Å²) in [4.78, 5) is 24.6. The molecule has 1 aromatic heterocycles. The van der Waals surface area contributed by atoms with Crippen molar-refractivity contribution in [3.05, 3.63) is 64.5 Å². The van der Waals surface area contributed by atoms with Gasteiger partial charge in [-0.2, -0.15) is 13.2 Å². The number of carbonyl (C=O) groups is 1. The number of aryl methyl sites for hydroxylation is 1. The van der Waals surface area contributed by atoms with Crippen LogP contribution in [-0.2, 0) is 4.79 Å². The first kappa shape index (κ1) is 18.7. The van der Waals surface area contributed by atoms with E-state index in [0.29, 0.717) is 27.2 Å². The van der Waals surface area contributed by atoms with Gasteiger partial charge >= 0.3 is 17.7 Å². The highest BCUT2D eigenvalue weighted by Gasteiger charge is 2.42. The first-order chi connectivity index (χ1) is 12.7. The van der Waals surface area contributed by atoms with Crippen LogP contribution in [-0.4, -0.2) is 18.6 Å². The van der Waals surface area contributed by atoms with Gasteiger partial charge in [-0.3, -0.25) is 4.79 Å². The van der Waals surface area contributed by atoms with Crippen LogP contribution in [0.4, 0.5) is 18.9 Å². The van der Waals surface area contributed by atoms with E-state index in [0.717, 1.165) is 5.39 Å². The Hall–Kier alpha value is -3.09. The Morgan fingerprint density at radius 3 is 2.41 bits per heavy atom. The molecule has 0 spiro atoms. The number of rotatable bonds is 3. The lowest BCUT2D eigenvalue weighted by Crippen LogP contribution is -2.41. The van der Waals surface area contributed by atoms with E-state index >= 15 is 0 Å². The Kier molecular flexibility index (Phi) is 4.78. The second kappa shape index (κ2) is 6.90. The number of alkyl halides is 3. The third-order valence-corrected chi connectivity index (χ3v) is 4.26. The molecule has 1 heterocycles. The number of hydrogen-bond acceptors (Lipinski definition) is 3. The van der Waals surface area contributed by atoms with Crippen LogP contribution >= 0.6 is 0 Å². The second-order valence-electron chi connectivity index (χ2n) is 6.03. The molecule has 3 rings (SSSR count). The zero-order valence-corrected chi connectivity index (χ0v) is 14.6. The van der Waals surface area contributed by atoms with Crippen molar-refractivity contribution in [2.45, 2.75) is 20.0 Å². The van der Waals surface area contributed by atoms with Gasteiger partial charge in [-0.05, 0) is 49.2 Å². The molecule has 7 heteroatoms. The van der Waals surface area contributed by atoms with Crippen LogP contribution in [0.2, 0.25) is 0 Å². The normalized spacial score (nSPS) is 11.6. The Bertz CT molecular complexity index is 1070. The van der Waals surface area contributed by atoms with Crippen LogP contribution in [0.1, 0.15) is 12.5 Å². The fourth-order valence-corrected chi connectivity index (χ4v) is 2.96. The molecular formula is C20H16F3NO3. The van der Waals surface area contributed by atoms with E-state index in [1.807, 2.05) is 6.07 Å². The van der Waals surface area contributed by atoms with Gasteiger partial charge < -0.3 is 9.32 Å². The fraction of sp³-hybridized carbons (Fsp3) is 0.200. The molecule has 0 radical (unpaired) electrons. The maximum absolute atomic E-state index is 12.8. The highest BCUT2D eigenvalue weighted by molar-refractivity contribution is 5.97. The summed E-state index contributed by atoms with van der Waals surface area (Å²) in [5.41, 5.74) is 1.43. The molecule has 27 heavy (non-hydrogen) atoms. The summed E-state index contributed by atoms with van der Waals surface area (Å²) in [7, 11) is 0. The Morgan fingerprint density at radius 1 is 1.07 bits per heavy atom. The van der Waals surface area contributed by atoms with Gasteiger partial charge in [0.25, 0.3) is 0 Å². The predicted octanol–water partition coefficient (Wildman–Crippen LogP) is 4.68. The highest BCUT2D eigenvalue weighted by Crippen LogP contribution is 2.29. The Balaban J connectivity index is 2.06. The molecule has 0 aliphatic carbocycles. The first-order valence-electron chi connectivity index (χ1n) is 8.25. The number of nitrogens with zero attached hydrogens (tertiary/aromatic N) is 1. The van der Waals surface area contributed by atoms with Crippen LogP contribution in [0.5, 0.6) is 0 Å². The second-order valence-corrected chi connectivity index (χ2v) is 6.03. The van der Waals surface area contributed by atoms with Crippen molar-refractivity contribution in [1.82, 2.24) is 0 Å². The molecule has 0 N–H and O–H groups in total. The average molecular weight is 375 g/mol. The number of carbonyl (C=O) groups excluding carboxylic acids is 1. The molecule has 0 aliphatic rings. The zero-order chi connectivity index (χ0) is 19.8. The standard InChI is InChI=1S/C20H16F3NO3/c1-3-24(19(26)20(21,22)23)14-8-9-15(12(2)10-14)16-11-13-6-4-5-7-17(13)27-18(16)25/h4-11H,3H2,1-2H3. The lowest BCUT2D eigenvalue weighted by atomic mass is 10.00. The van der Waals surface area contributed by atoms with Gasteiger partial charge in [-0.25, -0.2) is 4.79 Å². The monoisotopic (exact) mass is 375 g/mol. The van der Waals surface area contributed by atoms with Crippen molar-refractivity contribution in [3.63, 3.8) is 0 Å². The molecular weight excluding hydrogens is 359 g/mol. The minimum absolute atomic E-state index is 0.117. The summed E-state index contributed by atoms with van der Waals surface area (Å²) in [6, 6.07) is 13.1. The van der Waals surface area contributed by atoms with Crippen molar-refractivity contribution in [3.8, 4) is 11.1 Å². The van der Waals surface area contributed by atoms with E-state index in [4.69, 9.17) is 4.42 Å². The quantitative estimate of drug-likeness (QED) is 0.625. The van der Waals surface area contributed by atoms with Crippen LogP contribution in [0.25, 0.3) is 22.1 Å². The van der Waals surface area contributed by atoms with Gasteiger partial charge in [0.1, 0.15) is 5.58 Å². The minimum atomic E-state index is -4.96. The summed E-state index contributed by atoms with van der Waals surface area (Å²) in [5, 5.41) is 0.734. The number of para-hydroxylation sites is 1. The van der Waals surface area contributed by atoms with E-state index in [2.05, 4.69) is 0 Å². The number of fused-ring (bicyclic) bond motifs is 1. The average Bonchev–Trinajstić information content (AvgIpc) is 2.61. The molecule has 3 aromatic rings. The number of anilines is 1. The van der Waals surface area contributed by atoms with E-state index in [9.17, 15) is 22.8 Å². The van der Waals surface area contributed by atoms with Crippen molar-refractivity contribution in [2.24, 2.45) is 0 Å². The zero-order valence-electron chi connectivity index (χ0n) is 14.6. The van der Waals surface area contributed by atoms with E-state index in [1.165, 1.54) is 25.1 Å². The van der Waals surface area contributed by atoms with E-state index in [1.54, 1.807) is 31.2 Å². The molecule has 140 valence electrons. The van der Waals surface area contributed by atoms with E-state index in [-0.39, 0.29) is 12.2 Å². The summed E-state index contributed by atoms with van der Waals surface area (Å²) < 4.78 is 43.6. The van der Waals surface area contributed by atoms with Gasteiger partial charge in [-0.1, -0.05) is 24.3 Å². The van der Waals surface area contributed by atoms with Gasteiger partial charge in [0.05, 0.1) is 5.56 Å². The molecule has 0 saturated heterocycles. The molecule has 0 fully saturated rings. The molecule has 0 unspecified atom stereocenters. The summed E-state index contributed by atoms with van der Waals surface area (Å²) >= 11 is 0. The summed E-state index contributed by atoms with van der Waals surface area (Å²) in [6.45, 7) is 3.00. The number of amides is 1. The first-order valence-corrected chi connectivity index (χ1v) is 8.25. The van der Waals surface area contributed by atoms with Crippen molar-refractivity contribution in [2.75, 3.05) is 11.4 Å². The van der Waals surface area contributed by atoms with Crippen molar-refractivity contribution >= 4 is 22.6 Å². The maximum Gasteiger partial charge on any atom is 0.471 e. The molecule has 2 aromatic carbocycles. The highest BCUT2D eigenvalue weighted by atomic mass is 19.4. The molecule has 0 aliphatic heterocycles. The molecule has 0 atom stereocenters. The molecule has 0 saturated carbocycles. The number of hydrogen-bond donors (Lipinski definition) is 0. The van der Waals surface area contributed by atoms with Gasteiger partial charge in [0.2, 0.25) is 0 Å². The Labute approximate surface area is 152 Å². The summed E-state index contributed by atoms with van der Waals surface area (Å²) in [5.74, 6) is -1.93. The molecule has 4 nitrogen and oxygen atoms in total. The van der Waals surface area contributed by atoms with Crippen molar-refractivity contribution < 1.29 is 22.4 Å².